The number of amides is 1. The zero-order valence-electron chi connectivity index (χ0n) is 21.9. The van der Waals surface area contributed by atoms with Gasteiger partial charge >= 0.3 is 6.09 Å². The number of anilines is 1. The highest BCUT2D eigenvalue weighted by Crippen LogP contribution is 2.54. The van der Waals surface area contributed by atoms with Crippen LogP contribution in [0.25, 0.3) is 0 Å². The van der Waals surface area contributed by atoms with Gasteiger partial charge < -0.3 is 14.5 Å². The molecular weight excluding hydrogens is 544 g/mol. The fraction of sp³-hybridized carbons (Fsp3) is 0.783. The fourth-order valence-electron chi connectivity index (χ4n) is 5.71. The van der Waals surface area contributed by atoms with Crippen LogP contribution in [0.4, 0.5) is 19.4 Å². The zero-order chi connectivity index (χ0) is 27.8. The molecule has 2 aliphatic heterocycles. The van der Waals surface area contributed by atoms with E-state index in [0.29, 0.717) is 13.1 Å². The maximum absolute atomic E-state index is 14.4. The summed E-state index contributed by atoms with van der Waals surface area (Å²) in [6, 6.07) is 0. The minimum atomic E-state index is -3.89. The maximum Gasteiger partial charge on any atom is 0.410 e. The van der Waals surface area contributed by atoms with Crippen molar-refractivity contribution in [2.45, 2.75) is 50.3 Å². The predicted octanol–water partition coefficient (Wildman–Crippen LogP) is 1.48. The number of piperidine rings is 1. The number of rotatable bonds is 5. The summed E-state index contributed by atoms with van der Waals surface area (Å²) in [6.45, 7) is 7.09. The van der Waals surface area contributed by atoms with Crippen molar-refractivity contribution < 1.29 is 35.1 Å². The molecule has 0 bridgehead atoms. The van der Waals surface area contributed by atoms with Gasteiger partial charge in [0.1, 0.15) is 17.1 Å². The Labute approximate surface area is 221 Å². The first-order valence-electron chi connectivity index (χ1n) is 12.7. The molecule has 4 aliphatic rings. The Kier molecular flexibility index (Phi) is 6.46. The number of carbonyl (C=O) groups is 1. The molecule has 11 nitrogen and oxygen atoms in total. The highest BCUT2D eigenvalue weighted by atomic mass is 32.2. The minimum Gasteiger partial charge on any atom is -0.444 e. The maximum atomic E-state index is 14.4. The van der Waals surface area contributed by atoms with Gasteiger partial charge in [0, 0.05) is 57.5 Å². The number of aromatic nitrogens is 2. The molecule has 0 spiro atoms. The molecule has 38 heavy (non-hydrogen) atoms. The van der Waals surface area contributed by atoms with E-state index in [9.17, 15) is 30.4 Å². The van der Waals surface area contributed by atoms with E-state index in [1.165, 1.54) is 9.21 Å². The van der Waals surface area contributed by atoms with Crippen LogP contribution in [0.1, 0.15) is 38.4 Å². The molecule has 1 amide bonds. The third-order valence-electron chi connectivity index (χ3n) is 7.69. The van der Waals surface area contributed by atoms with Crippen LogP contribution in [0.3, 0.4) is 0 Å². The molecule has 5 rings (SSSR count). The van der Waals surface area contributed by atoms with Crippen molar-refractivity contribution in [2.75, 3.05) is 56.2 Å². The first-order valence-corrected chi connectivity index (χ1v) is 16.2. The van der Waals surface area contributed by atoms with E-state index in [1.807, 2.05) is 0 Å². The van der Waals surface area contributed by atoms with E-state index in [2.05, 4.69) is 9.97 Å². The van der Waals surface area contributed by atoms with Crippen molar-refractivity contribution in [1.82, 2.24) is 19.2 Å². The van der Waals surface area contributed by atoms with Gasteiger partial charge in [-0.15, -0.1) is 0 Å². The lowest BCUT2D eigenvalue weighted by molar-refractivity contribution is -0.00655. The molecule has 3 heterocycles. The van der Waals surface area contributed by atoms with Crippen LogP contribution in [-0.2, 0) is 36.9 Å². The summed E-state index contributed by atoms with van der Waals surface area (Å²) in [6.07, 6.45) is 0.0429. The number of nitrogens with zero attached hydrogens (tertiary/aromatic N) is 5. The minimum absolute atomic E-state index is 0.0167. The standard InChI is InChI=1S/C23H33F2N5O6S2/c1-22(2,3)36-21(31)28-7-9-30(10-8-28)38(34,35)13-17-15-11-29(12-16(15)17)19-14-5-6-23(24,25)18(14)26-20(27-19)37(4,32)33/h15-17H,5-13H2,1-4H3/t15-,16+,17?. The molecule has 0 aromatic carbocycles. The number of piperazine rings is 1. The van der Waals surface area contributed by atoms with Crippen LogP contribution in [0.2, 0.25) is 0 Å². The summed E-state index contributed by atoms with van der Waals surface area (Å²) >= 11 is 0. The lowest BCUT2D eigenvalue weighted by Gasteiger charge is -2.35. The molecule has 212 valence electrons. The third-order valence-corrected chi connectivity index (χ3v) is 10.5. The molecule has 1 saturated carbocycles. The Hall–Kier alpha value is -2.13. The van der Waals surface area contributed by atoms with Gasteiger partial charge in [0.05, 0.1) is 5.75 Å². The second kappa shape index (κ2) is 8.95. The first-order chi connectivity index (χ1) is 17.5. The molecule has 0 N–H and O–H groups in total. The van der Waals surface area contributed by atoms with Gasteiger partial charge in [-0.05, 0) is 44.9 Å². The summed E-state index contributed by atoms with van der Waals surface area (Å²) in [4.78, 5) is 23.4. The molecule has 3 atom stereocenters. The van der Waals surface area contributed by atoms with Gasteiger partial charge in [0.2, 0.25) is 25.0 Å². The van der Waals surface area contributed by atoms with Crippen molar-refractivity contribution in [3.63, 3.8) is 0 Å². The van der Waals surface area contributed by atoms with Gasteiger partial charge in [0.15, 0.2) is 0 Å². The van der Waals surface area contributed by atoms with Crippen molar-refractivity contribution >= 4 is 31.8 Å². The number of sulfone groups is 1. The average Bonchev–Trinajstić information content (AvgIpc) is 3.12. The largest absolute Gasteiger partial charge is 0.444 e. The third kappa shape index (κ3) is 5.20. The summed E-state index contributed by atoms with van der Waals surface area (Å²) in [5.74, 6) is -2.95. The van der Waals surface area contributed by atoms with Gasteiger partial charge in [-0.2, -0.15) is 13.1 Å². The van der Waals surface area contributed by atoms with Crippen LogP contribution in [0, 0.1) is 17.8 Å². The van der Waals surface area contributed by atoms with Crippen LogP contribution in [-0.4, -0.2) is 99.0 Å². The van der Waals surface area contributed by atoms with Crippen LogP contribution >= 0.6 is 0 Å². The summed E-state index contributed by atoms with van der Waals surface area (Å²) < 4.78 is 86.0. The second-order valence-electron chi connectivity index (χ2n) is 11.7. The topological polar surface area (TPSA) is 130 Å². The van der Waals surface area contributed by atoms with E-state index < -0.39 is 54.7 Å². The molecule has 3 fully saturated rings. The fourth-order valence-corrected chi connectivity index (χ4v) is 8.13. The number of alkyl halides is 2. The highest BCUT2D eigenvalue weighted by molar-refractivity contribution is 7.90. The lowest BCUT2D eigenvalue weighted by atomic mass is 10.2. The molecule has 2 saturated heterocycles. The van der Waals surface area contributed by atoms with Gasteiger partial charge in [-0.1, -0.05) is 0 Å². The quantitative estimate of drug-likeness (QED) is 0.478. The highest BCUT2D eigenvalue weighted by Gasteiger charge is 2.58. The molecule has 1 aromatic heterocycles. The van der Waals surface area contributed by atoms with Gasteiger partial charge in [0.25, 0.3) is 5.92 Å². The van der Waals surface area contributed by atoms with E-state index in [1.54, 1.807) is 25.7 Å². The first kappa shape index (κ1) is 27.4. The van der Waals surface area contributed by atoms with Crippen molar-refractivity contribution in [3.8, 4) is 0 Å². The van der Waals surface area contributed by atoms with E-state index in [0.717, 1.165) is 6.26 Å². The molecule has 1 unspecified atom stereocenters. The molecular formula is C23H33F2N5O6S2. The Morgan fingerprint density at radius 2 is 1.66 bits per heavy atom. The van der Waals surface area contributed by atoms with Gasteiger partial charge in [-0.3, -0.25) is 0 Å². The lowest BCUT2D eigenvalue weighted by Crippen LogP contribution is -2.52. The van der Waals surface area contributed by atoms with Crippen LogP contribution in [0.15, 0.2) is 5.16 Å². The number of hydrogen-bond acceptors (Lipinski definition) is 9. The normalized spacial score (nSPS) is 27.3. The van der Waals surface area contributed by atoms with Crippen molar-refractivity contribution in [3.05, 3.63) is 11.3 Å². The Balaban J connectivity index is 1.21. The number of carbonyl (C=O) groups excluding carboxylic acids is 1. The zero-order valence-corrected chi connectivity index (χ0v) is 23.5. The number of hydrogen-bond donors (Lipinski definition) is 0. The Bertz CT molecular complexity index is 1340. The van der Waals surface area contributed by atoms with Crippen LogP contribution < -0.4 is 4.90 Å². The Morgan fingerprint density at radius 1 is 1.05 bits per heavy atom. The van der Waals surface area contributed by atoms with E-state index >= 15 is 0 Å². The molecule has 0 radical (unpaired) electrons. The van der Waals surface area contributed by atoms with Gasteiger partial charge in [-0.25, -0.2) is 31.6 Å². The number of ether oxygens (including phenoxy) is 1. The molecule has 1 aromatic rings. The summed E-state index contributed by atoms with van der Waals surface area (Å²) in [5.41, 5.74) is -0.874. The molecule has 2 aliphatic carbocycles. The number of fused-ring (bicyclic) bond motifs is 2. The second-order valence-corrected chi connectivity index (χ2v) is 15.6. The average molecular weight is 578 g/mol. The van der Waals surface area contributed by atoms with Crippen molar-refractivity contribution in [2.24, 2.45) is 17.8 Å². The van der Waals surface area contributed by atoms with Crippen LogP contribution in [0.5, 0.6) is 0 Å². The number of halogens is 2. The summed E-state index contributed by atoms with van der Waals surface area (Å²) in [5, 5.41) is -0.613. The summed E-state index contributed by atoms with van der Waals surface area (Å²) in [7, 11) is -7.44. The smallest absolute Gasteiger partial charge is 0.410 e. The predicted molar refractivity (Wildman–Crippen MR) is 133 cm³/mol. The van der Waals surface area contributed by atoms with E-state index in [4.69, 9.17) is 4.74 Å². The Morgan fingerprint density at radius 3 is 2.21 bits per heavy atom. The van der Waals surface area contributed by atoms with E-state index in [-0.39, 0.29) is 67.5 Å². The molecule has 15 heteroatoms. The monoisotopic (exact) mass is 577 g/mol. The number of sulfonamides is 1. The SMILES string of the molecule is CC(C)(C)OC(=O)N1CCN(S(=O)(=O)CC2[C@H]3CN(c4nc(S(C)(=O)=O)nc5c4CCC5(F)F)C[C@@H]23)CC1. The van der Waals surface area contributed by atoms with Crippen molar-refractivity contribution in [1.29, 1.82) is 0 Å².